The minimum absolute atomic E-state index is 0.120. The summed E-state index contributed by atoms with van der Waals surface area (Å²) in [6, 6.07) is 9.53. The SMILES string of the molecule is Cc1cc(CCl)ccc1CNc1cccc2c1C(=O)N(C(CCC(=O)OC(C)(C)C)C(N)=O)C2=O. The molecule has 0 spiro atoms. The van der Waals surface area contributed by atoms with E-state index in [0.717, 1.165) is 21.6 Å². The van der Waals surface area contributed by atoms with Crippen LogP contribution in [-0.4, -0.2) is 40.2 Å². The first-order valence-electron chi connectivity index (χ1n) is 11.3. The molecule has 2 aromatic rings. The number of aryl methyl sites for hydroxylation is 1. The number of esters is 1. The highest BCUT2D eigenvalue weighted by atomic mass is 35.5. The fraction of sp³-hybridized carbons (Fsp3) is 0.385. The number of halogens is 1. The largest absolute Gasteiger partial charge is 0.460 e. The molecule has 0 saturated heterocycles. The quantitative estimate of drug-likeness (QED) is 0.306. The topological polar surface area (TPSA) is 119 Å². The van der Waals surface area contributed by atoms with Crippen LogP contribution >= 0.6 is 11.6 Å². The van der Waals surface area contributed by atoms with Crippen LogP contribution in [0.1, 0.15) is 71.0 Å². The summed E-state index contributed by atoms with van der Waals surface area (Å²) >= 11 is 5.90. The number of primary amides is 1. The van der Waals surface area contributed by atoms with E-state index in [4.69, 9.17) is 22.1 Å². The van der Waals surface area contributed by atoms with E-state index in [1.54, 1.807) is 32.9 Å². The molecule has 0 fully saturated rings. The number of imide groups is 1. The highest BCUT2D eigenvalue weighted by Gasteiger charge is 2.43. The summed E-state index contributed by atoms with van der Waals surface area (Å²) in [4.78, 5) is 51.7. The second-order valence-electron chi connectivity index (χ2n) is 9.50. The number of hydrogen-bond acceptors (Lipinski definition) is 6. The van der Waals surface area contributed by atoms with Crippen LogP contribution in [0.3, 0.4) is 0 Å². The van der Waals surface area contributed by atoms with Crippen LogP contribution in [0.15, 0.2) is 36.4 Å². The Morgan fingerprint density at radius 3 is 2.46 bits per heavy atom. The van der Waals surface area contributed by atoms with E-state index >= 15 is 0 Å². The zero-order valence-electron chi connectivity index (χ0n) is 20.3. The lowest BCUT2D eigenvalue weighted by atomic mass is 10.0. The summed E-state index contributed by atoms with van der Waals surface area (Å²) in [5, 5.41) is 3.23. The van der Waals surface area contributed by atoms with E-state index in [9.17, 15) is 19.2 Å². The highest BCUT2D eigenvalue weighted by Crippen LogP contribution is 2.32. The first-order valence-corrected chi connectivity index (χ1v) is 11.9. The number of rotatable bonds is 9. The second kappa shape index (κ2) is 10.5. The monoisotopic (exact) mass is 499 g/mol. The van der Waals surface area contributed by atoms with Crippen LogP contribution in [0.5, 0.6) is 0 Å². The van der Waals surface area contributed by atoms with Gasteiger partial charge in [0.2, 0.25) is 5.91 Å². The third-order valence-electron chi connectivity index (χ3n) is 5.66. The molecule has 0 saturated carbocycles. The number of benzene rings is 2. The minimum Gasteiger partial charge on any atom is -0.460 e. The number of carbonyl (C=O) groups is 4. The van der Waals surface area contributed by atoms with Gasteiger partial charge < -0.3 is 15.8 Å². The Kier molecular flexibility index (Phi) is 7.85. The van der Waals surface area contributed by atoms with Crippen molar-refractivity contribution in [1.29, 1.82) is 0 Å². The zero-order chi connectivity index (χ0) is 25.9. The number of amides is 3. The van der Waals surface area contributed by atoms with E-state index < -0.39 is 35.3 Å². The fourth-order valence-corrected chi connectivity index (χ4v) is 4.18. The minimum atomic E-state index is -1.27. The van der Waals surface area contributed by atoms with Gasteiger partial charge in [-0.3, -0.25) is 24.1 Å². The zero-order valence-corrected chi connectivity index (χ0v) is 21.1. The third-order valence-corrected chi connectivity index (χ3v) is 5.97. The molecule has 0 aliphatic carbocycles. The number of hydrogen-bond donors (Lipinski definition) is 2. The summed E-state index contributed by atoms with van der Waals surface area (Å²) in [5.74, 6) is -2.24. The maximum atomic E-state index is 13.3. The molecular formula is C26H30ClN3O5. The predicted octanol–water partition coefficient (Wildman–Crippen LogP) is 3.92. The molecule has 1 aliphatic rings. The molecule has 0 bridgehead atoms. The van der Waals surface area contributed by atoms with E-state index in [2.05, 4.69) is 5.32 Å². The number of alkyl halides is 1. The molecule has 0 radical (unpaired) electrons. The van der Waals surface area contributed by atoms with Crippen molar-refractivity contribution < 1.29 is 23.9 Å². The molecule has 8 nitrogen and oxygen atoms in total. The third kappa shape index (κ3) is 6.00. The summed E-state index contributed by atoms with van der Waals surface area (Å²) in [5.41, 5.74) is 8.74. The number of anilines is 1. The normalized spacial score (nSPS) is 14.0. The van der Waals surface area contributed by atoms with Gasteiger partial charge in [0.1, 0.15) is 11.6 Å². The Bertz CT molecular complexity index is 1170. The molecule has 1 heterocycles. The van der Waals surface area contributed by atoms with Crippen LogP contribution in [0, 0.1) is 6.92 Å². The van der Waals surface area contributed by atoms with E-state index in [1.807, 2.05) is 25.1 Å². The Balaban J connectivity index is 1.80. The molecule has 1 atom stereocenters. The molecule has 186 valence electrons. The van der Waals surface area contributed by atoms with Gasteiger partial charge in [-0.05, 0) is 62.9 Å². The average Bonchev–Trinajstić information content (AvgIpc) is 3.02. The van der Waals surface area contributed by atoms with Crippen molar-refractivity contribution >= 4 is 41.0 Å². The Morgan fingerprint density at radius 1 is 1.14 bits per heavy atom. The lowest BCUT2D eigenvalue weighted by molar-refractivity contribution is -0.155. The van der Waals surface area contributed by atoms with Gasteiger partial charge in [-0.2, -0.15) is 0 Å². The number of nitrogens with zero attached hydrogens (tertiary/aromatic N) is 1. The molecule has 2 aromatic carbocycles. The van der Waals surface area contributed by atoms with Crippen molar-refractivity contribution in [2.45, 2.75) is 64.6 Å². The van der Waals surface area contributed by atoms with Gasteiger partial charge in [-0.25, -0.2) is 0 Å². The lowest BCUT2D eigenvalue weighted by Crippen LogP contribution is -2.48. The van der Waals surface area contributed by atoms with Gasteiger partial charge in [-0.1, -0.05) is 24.3 Å². The van der Waals surface area contributed by atoms with Gasteiger partial charge in [0, 0.05) is 24.5 Å². The van der Waals surface area contributed by atoms with Crippen molar-refractivity contribution in [3.05, 3.63) is 64.2 Å². The van der Waals surface area contributed by atoms with E-state index in [-0.39, 0.29) is 24.0 Å². The predicted molar refractivity (Wildman–Crippen MR) is 133 cm³/mol. The van der Waals surface area contributed by atoms with Crippen molar-refractivity contribution in [2.75, 3.05) is 5.32 Å². The summed E-state index contributed by atoms with van der Waals surface area (Å²) in [6.45, 7) is 7.57. The van der Waals surface area contributed by atoms with Crippen LogP contribution in [0.2, 0.25) is 0 Å². The molecule has 0 aromatic heterocycles. The van der Waals surface area contributed by atoms with Crippen molar-refractivity contribution in [3.8, 4) is 0 Å². The summed E-state index contributed by atoms with van der Waals surface area (Å²) < 4.78 is 5.27. The van der Waals surface area contributed by atoms with Crippen LogP contribution < -0.4 is 11.1 Å². The van der Waals surface area contributed by atoms with Crippen LogP contribution in [-0.2, 0) is 26.8 Å². The van der Waals surface area contributed by atoms with Gasteiger partial charge in [0.15, 0.2) is 0 Å². The highest BCUT2D eigenvalue weighted by molar-refractivity contribution is 6.25. The number of fused-ring (bicyclic) bond motifs is 1. The number of carbonyl (C=O) groups excluding carboxylic acids is 4. The lowest BCUT2D eigenvalue weighted by Gasteiger charge is -2.24. The van der Waals surface area contributed by atoms with Gasteiger partial charge in [0.05, 0.1) is 11.1 Å². The van der Waals surface area contributed by atoms with Crippen molar-refractivity contribution in [3.63, 3.8) is 0 Å². The molecule has 1 unspecified atom stereocenters. The van der Waals surface area contributed by atoms with E-state index in [1.165, 1.54) is 6.07 Å². The molecule has 9 heteroatoms. The molecule has 3 rings (SSSR count). The average molecular weight is 500 g/mol. The number of nitrogens with one attached hydrogen (secondary N) is 1. The molecule has 3 amide bonds. The van der Waals surface area contributed by atoms with Gasteiger partial charge in [0.25, 0.3) is 11.8 Å². The first-order chi connectivity index (χ1) is 16.4. The Hall–Kier alpha value is -3.39. The Labute approximate surface area is 209 Å². The standard InChI is InChI=1S/C26H30ClN3O5/c1-15-12-16(13-27)8-9-17(15)14-29-19-7-5-6-18-22(19)25(34)30(24(18)33)20(23(28)32)10-11-21(31)35-26(2,3)4/h5-9,12,20,29H,10-11,13-14H2,1-4H3,(H2,28,32). The molecule has 3 N–H and O–H groups in total. The summed E-state index contributed by atoms with van der Waals surface area (Å²) in [7, 11) is 0. The smallest absolute Gasteiger partial charge is 0.306 e. The van der Waals surface area contributed by atoms with E-state index in [0.29, 0.717) is 18.1 Å². The Morgan fingerprint density at radius 2 is 1.86 bits per heavy atom. The van der Waals surface area contributed by atoms with Crippen molar-refractivity contribution in [2.24, 2.45) is 5.73 Å². The van der Waals surface area contributed by atoms with Crippen molar-refractivity contribution in [1.82, 2.24) is 4.90 Å². The fourth-order valence-electron chi connectivity index (χ4n) is 4.01. The van der Waals surface area contributed by atoms with Crippen LogP contribution in [0.25, 0.3) is 0 Å². The first kappa shape index (κ1) is 26.2. The maximum Gasteiger partial charge on any atom is 0.306 e. The molecule has 35 heavy (non-hydrogen) atoms. The molecular weight excluding hydrogens is 470 g/mol. The van der Waals surface area contributed by atoms with Gasteiger partial charge >= 0.3 is 5.97 Å². The molecule has 1 aliphatic heterocycles. The second-order valence-corrected chi connectivity index (χ2v) is 9.77. The summed E-state index contributed by atoms with van der Waals surface area (Å²) in [6.07, 6.45) is -0.286. The van der Waals surface area contributed by atoms with Gasteiger partial charge in [-0.15, -0.1) is 11.6 Å². The number of nitrogens with two attached hydrogens (primary N) is 1. The van der Waals surface area contributed by atoms with Crippen LogP contribution in [0.4, 0.5) is 5.69 Å². The maximum absolute atomic E-state index is 13.3. The number of ether oxygens (including phenoxy) is 1.